The second-order valence-electron chi connectivity index (χ2n) is 8.34. The fourth-order valence-electron chi connectivity index (χ4n) is 3.66. The van der Waals surface area contributed by atoms with Crippen molar-refractivity contribution in [2.45, 2.75) is 24.8 Å². The van der Waals surface area contributed by atoms with Crippen molar-refractivity contribution in [3.05, 3.63) is 78.1 Å². The lowest BCUT2D eigenvalue weighted by molar-refractivity contribution is -0.120. The maximum Gasteiger partial charge on any atom is 0.264 e. The van der Waals surface area contributed by atoms with Gasteiger partial charge in [0.15, 0.2) is 11.5 Å². The summed E-state index contributed by atoms with van der Waals surface area (Å²) in [5.74, 6) is 0.373. The van der Waals surface area contributed by atoms with E-state index < -0.39 is 34.3 Å². The van der Waals surface area contributed by atoms with E-state index in [2.05, 4.69) is 5.32 Å². The monoisotopic (exact) mass is 514 g/mol. The number of sulfonamides is 1. The topological polar surface area (TPSA) is 94.2 Å². The normalized spacial score (nSPS) is 13.5. The number of hydrogen-bond acceptors (Lipinski definition) is 6. The van der Waals surface area contributed by atoms with Crippen molar-refractivity contribution < 1.29 is 31.8 Å². The predicted molar refractivity (Wildman–Crippen MR) is 133 cm³/mol. The number of anilines is 1. The predicted octanol–water partition coefficient (Wildman–Crippen LogP) is 3.68. The number of hydrogen-bond donors (Lipinski definition) is 1. The number of halogens is 1. The van der Waals surface area contributed by atoms with E-state index in [0.717, 1.165) is 22.0 Å². The summed E-state index contributed by atoms with van der Waals surface area (Å²) in [7, 11) is -4.21. The van der Waals surface area contributed by atoms with Crippen molar-refractivity contribution in [1.82, 2.24) is 5.32 Å². The summed E-state index contributed by atoms with van der Waals surface area (Å²) in [6.07, 6.45) is 0. The van der Waals surface area contributed by atoms with Crippen molar-refractivity contribution in [3.63, 3.8) is 0 Å². The van der Waals surface area contributed by atoms with E-state index in [9.17, 15) is 17.6 Å². The molecule has 0 aliphatic carbocycles. The highest BCUT2D eigenvalue weighted by molar-refractivity contribution is 7.92. The van der Waals surface area contributed by atoms with E-state index in [4.69, 9.17) is 14.2 Å². The largest absolute Gasteiger partial charge is 0.491 e. The van der Waals surface area contributed by atoms with Gasteiger partial charge in [0, 0.05) is 6.07 Å². The third-order valence-electron chi connectivity index (χ3n) is 5.49. The molecule has 0 spiro atoms. The van der Waals surface area contributed by atoms with Crippen LogP contribution in [0.4, 0.5) is 10.1 Å². The first-order valence-electron chi connectivity index (χ1n) is 11.4. The van der Waals surface area contributed by atoms with Gasteiger partial charge in [0.25, 0.3) is 10.0 Å². The van der Waals surface area contributed by atoms with Crippen molar-refractivity contribution in [1.29, 1.82) is 0 Å². The molecule has 10 heteroatoms. The van der Waals surface area contributed by atoms with Gasteiger partial charge < -0.3 is 19.5 Å². The molecule has 1 aliphatic rings. The maximum absolute atomic E-state index is 13.6. The van der Waals surface area contributed by atoms with Gasteiger partial charge in [-0.05, 0) is 61.9 Å². The lowest BCUT2D eigenvalue weighted by Gasteiger charge is -2.26. The quantitative estimate of drug-likeness (QED) is 0.468. The Morgan fingerprint density at radius 2 is 1.75 bits per heavy atom. The van der Waals surface area contributed by atoms with E-state index in [1.54, 1.807) is 6.92 Å². The molecule has 0 aromatic heterocycles. The van der Waals surface area contributed by atoms with Gasteiger partial charge in [-0.1, -0.05) is 18.2 Å². The van der Waals surface area contributed by atoms with Crippen molar-refractivity contribution >= 4 is 21.6 Å². The molecule has 0 bridgehead atoms. The Labute approximate surface area is 209 Å². The smallest absolute Gasteiger partial charge is 0.264 e. The standard InChI is InChI=1S/C26H27FN2O6S/c1-18-5-3-4-6-23(18)35-17-19(2)28-26(30)16-29(21-9-7-20(27)8-10-21)36(31,32)22-11-12-24-25(15-22)34-14-13-33-24/h3-12,15,19H,13-14,16-17H2,1-2H3,(H,28,30). The molecule has 0 fully saturated rings. The number of rotatable bonds is 9. The first kappa shape index (κ1) is 25.3. The van der Waals surface area contributed by atoms with E-state index in [1.807, 2.05) is 31.2 Å². The number of nitrogens with one attached hydrogen (secondary N) is 1. The highest BCUT2D eigenvalue weighted by Gasteiger charge is 2.29. The molecule has 4 rings (SSSR count). The summed E-state index contributed by atoms with van der Waals surface area (Å²) in [5.41, 5.74) is 1.11. The minimum absolute atomic E-state index is 0.0835. The van der Waals surface area contributed by atoms with Crippen LogP contribution in [-0.2, 0) is 14.8 Å². The third-order valence-corrected chi connectivity index (χ3v) is 7.26. The molecule has 0 radical (unpaired) electrons. The van der Waals surface area contributed by atoms with Gasteiger partial charge in [0.1, 0.15) is 37.9 Å². The third kappa shape index (κ3) is 5.88. The fourth-order valence-corrected chi connectivity index (χ4v) is 5.10. The van der Waals surface area contributed by atoms with Gasteiger partial charge in [-0.3, -0.25) is 9.10 Å². The summed E-state index contributed by atoms with van der Waals surface area (Å²) in [6, 6.07) is 16.3. The number of aryl methyl sites for hydroxylation is 1. The molecule has 1 unspecified atom stereocenters. The van der Waals surface area contributed by atoms with E-state index >= 15 is 0 Å². The molecule has 0 saturated heterocycles. The molecule has 3 aromatic rings. The molecule has 8 nitrogen and oxygen atoms in total. The van der Waals surface area contributed by atoms with Crippen LogP contribution in [0.5, 0.6) is 17.2 Å². The van der Waals surface area contributed by atoms with Crippen LogP contribution >= 0.6 is 0 Å². The van der Waals surface area contributed by atoms with Gasteiger partial charge in [-0.15, -0.1) is 0 Å². The highest BCUT2D eigenvalue weighted by atomic mass is 32.2. The molecule has 3 aromatic carbocycles. The maximum atomic E-state index is 13.6. The second-order valence-corrected chi connectivity index (χ2v) is 10.2. The number of para-hydroxylation sites is 1. The minimum atomic E-state index is -4.21. The molecular formula is C26H27FN2O6S. The van der Waals surface area contributed by atoms with Crippen LogP contribution < -0.4 is 23.8 Å². The molecule has 1 heterocycles. The van der Waals surface area contributed by atoms with Crippen molar-refractivity contribution in [3.8, 4) is 17.2 Å². The first-order valence-corrected chi connectivity index (χ1v) is 12.8. The van der Waals surface area contributed by atoms with E-state index in [0.29, 0.717) is 30.5 Å². The molecule has 1 aliphatic heterocycles. The Morgan fingerprint density at radius 3 is 2.47 bits per heavy atom. The van der Waals surface area contributed by atoms with Crippen LogP contribution in [0.2, 0.25) is 0 Å². The number of fused-ring (bicyclic) bond motifs is 1. The molecule has 190 valence electrons. The number of benzene rings is 3. The van der Waals surface area contributed by atoms with Gasteiger partial charge in [-0.2, -0.15) is 0 Å². The van der Waals surface area contributed by atoms with Crippen LogP contribution in [0.3, 0.4) is 0 Å². The first-order chi connectivity index (χ1) is 17.2. The summed E-state index contributed by atoms with van der Waals surface area (Å²) in [5, 5.41) is 2.77. The summed E-state index contributed by atoms with van der Waals surface area (Å²) >= 11 is 0. The Morgan fingerprint density at radius 1 is 1.06 bits per heavy atom. The molecule has 1 amide bonds. The van der Waals surface area contributed by atoms with Gasteiger partial charge >= 0.3 is 0 Å². The Hall–Kier alpha value is -3.79. The lowest BCUT2D eigenvalue weighted by atomic mass is 10.2. The summed E-state index contributed by atoms with van der Waals surface area (Å²) in [6.45, 7) is 4.02. The van der Waals surface area contributed by atoms with Gasteiger partial charge in [0.2, 0.25) is 5.91 Å². The van der Waals surface area contributed by atoms with Crippen LogP contribution in [0.15, 0.2) is 71.6 Å². The number of amides is 1. The zero-order valence-electron chi connectivity index (χ0n) is 19.9. The van der Waals surface area contributed by atoms with Crippen LogP contribution in [0.1, 0.15) is 12.5 Å². The number of nitrogens with zero attached hydrogens (tertiary/aromatic N) is 1. The Bertz CT molecular complexity index is 1330. The zero-order chi connectivity index (χ0) is 25.7. The average Bonchev–Trinajstić information content (AvgIpc) is 2.87. The summed E-state index contributed by atoms with van der Waals surface area (Å²) in [4.78, 5) is 12.8. The van der Waals surface area contributed by atoms with E-state index in [-0.39, 0.29) is 17.2 Å². The number of carbonyl (C=O) groups excluding carboxylic acids is 1. The van der Waals surface area contributed by atoms with E-state index in [1.165, 1.54) is 30.3 Å². The lowest BCUT2D eigenvalue weighted by Crippen LogP contribution is -2.45. The molecule has 36 heavy (non-hydrogen) atoms. The fraction of sp³-hybridized carbons (Fsp3) is 0.269. The van der Waals surface area contributed by atoms with Crippen LogP contribution in [0.25, 0.3) is 0 Å². The van der Waals surface area contributed by atoms with Crippen LogP contribution in [-0.4, -0.2) is 46.7 Å². The van der Waals surface area contributed by atoms with Crippen LogP contribution in [0, 0.1) is 12.7 Å². The SMILES string of the molecule is Cc1ccccc1OCC(C)NC(=O)CN(c1ccc(F)cc1)S(=O)(=O)c1ccc2c(c1)OCCO2. The zero-order valence-corrected chi connectivity index (χ0v) is 20.8. The van der Waals surface area contributed by atoms with Gasteiger partial charge in [-0.25, -0.2) is 12.8 Å². The Kier molecular flexibility index (Phi) is 7.64. The number of carbonyl (C=O) groups is 1. The van der Waals surface area contributed by atoms with Crippen molar-refractivity contribution in [2.75, 3.05) is 30.7 Å². The van der Waals surface area contributed by atoms with Gasteiger partial charge in [0.05, 0.1) is 16.6 Å². The second kappa shape index (κ2) is 10.9. The average molecular weight is 515 g/mol. The minimum Gasteiger partial charge on any atom is -0.491 e. The van der Waals surface area contributed by atoms with Crippen molar-refractivity contribution in [2.24, 2.45) is 0 Å². The molecule has 1 N–H and O–H groups in total. The summed E-state index contributed by atoms with van der Waals surface area (Å²) < 4.78 is 58.5. The highest BCUT2D eigenvalue weighted by Crippen LogP contribution is 2.34. The Balaban J connectivity index is 1.52. The molecule has 1 atom stereocenters. The molecular weight excluding hydrogens is 487 g/mol. The number of ether oxygens (including phenoxy) is 3. The molecule has 0 saturated carbocycles.